The van der Waals surface area contributed by atoms with Gasteiger partial charge in [0.15, 0.2) is 0 Å². The number of carbonyl (C=O) groups excluding carboxylic acids is 1. The molecule has 0 radical (unpaired) electrons. The summed E-state index contributed by atoms with van der Waals surface area (Å²) in [6, 6.07) is 13.6. The Labute approximate surface area is 151 Å². The van der Waals surface area contributed by atoms with Gasteiger partial charge in [0.05, 0.1) is 17.4 Å². The maximum absolute atomic E-state index is 12.3. The number of hydrogen-bond acceptors (Lipinski definition) is 5. The first-order chi connectivity index (χ1) is 12.4. The SMILES string of the molecule is Cc1cccc2nc(COc3ccc(C(=O)OC(C)C)cc3)cc(=O)n12. The highest BCUT2D eigenvalue weighted by Gasteiger charge is 2.09. The maximum Gasteiger partial charge on any atom is 0.338 e. The van der Waals surface area contributed by atoms with E-state index in [1.807, 2.05) is 19.1 Å². The first-order valence-corrected chi connectivity index (χ1v) is 8.36. The number of hydrogen-bond donors (Lipinski definition) is 0. The van der Waals surface area contributed by atoms with Crippen LogP contribution >= 0.6 is 0 Å². The van der Waals surface area contributed by atoms with Gasteiger partial charge in [-0.1, -0.05) is 6.07 Å². The fraction of sp³-hybridized carbons (Fsp3) is 0.250. The molecule has 0 bridgehead atoms. The second-order valence-electron chi connectivity index (χ2n) is 6.21. The predicted molar refractivity (Wildman–Crippen MR) is 97.5 cm³/mol. The number of aryl methyl sites for hydroxylation is 1. The lowest BCUT2D eigenvalue weighted by molar-refractivity contribution is 0.0378. The van der Waals surface area contributed by atoms with Crippen molar-refractivity contribution in [1.29, 1.82) is 0 Å². The van der Waals surface area contributed by atoms with Crippen molar-refractivity contribution in [3.8, 4) is 5.75 Å². The van der Waals surface area contributed by atoms with Gasteiger partial charge in [-0.25, -0.2) is 9.78 Å². The van der Waals surface area contributed by atoms with Crippen LogP contribution in [0.2, 0.25) is 0 Å². The molecule has 0 saturated carbocycles. The summed E-state index contributed by atoms with van der Waals surface area (Å²) in [4.78, 5) is 28.5. The minimum Gasteiger partial charge on any atom is -0.487 e. The van der Waals surface area contributed by atoms with Crippen molar-refractivity contribution in [2.24, 2.45) is 0 Å². The molecule has 0 saturated heterocycles. The molecule has 2 heterocycles. The fourth-order valence-corrected chi connectivity index (χ4v) is 2.56. The van der Waals surface area contributed by atoms with E-state index in [0.717, 1.165) is 5.69 Å². The van der Waals surface area contributed by atoms with Gasteiger partial charge in [0.25, 0.3) is 5.56 Å². The molecule has 2 aromatic heterocycles. The van der Waals surface area contributed by atoms with E-state index < -0.39 is 0 Å². The highest BCUT2D eigenvalue weighted by atomic mass is 16.5. The van der Waals surface area contributed by atoms with E-state index in [2.05, 4.69) is 4.98 Å². The summed E-state index contributed by atoms with van der Waals surface area (Å²) in [6.07, 6.45) is -0.166. The number of pyridine rings is 1. The Bertz CT molecular complexity index is 991. The quantitative estimate of drug-likeness (QED) is 0.660. The number of nitrogens with zero attached hydrogens (tertiary/aromatic N) is 2. The molecule has 0 amide bonds. The van der Waals surface area contributed by atoms with Gasteiger partial charge in [0.2, 0.25) is 0 Å². The molecule has 26 heavy (non-hydrogen) atoms. The van der Waals surface area contributed by atoms with Crippen molar-refractivity contribution >= 4 is 11.6 Å². The minimum absolute atomic E-state index is 0.140. The van der Waals surface area contributed by atoms with Crippen LogP contribution in [0.1, 0.15) is 35.6 Å². The topological polar surface area (TPSA) is 69.9 Å². The molecule has 134 valence electrons. The third-order valence-electron chi connectivity index (χ3n) is 3.75. The van der Waals surface area contributed by atoms with Gasteiger partial charge in [-0.2, -0.15) is 0 Å². The van der Waals surface area contributed by atoms with Crippen LogP contribution in [0.5, 0.6) is 5.75 Å². The lowest BCUT2D eigenvalue weighted by Crippen LogP contribution is -2.18. The van der Waals surface area contributed by atoms with Crippen LogP contribution < -0.4 is 10.3 Å². The second kappa shape index (κ2) is 7.39. The van der Waals surface area contributed by atoms with Crippen molar-refractivity contribution < 1.29 is 14.3 Å². The number of ether oxygens (including phenoxy) is 2. The highest BCUT2D eigenvalue weighted by molar-refractivity contribution is 5.89. The smallest absolute Gasteiger partial charge is 0.338 e. The molecule has 0 aliphatic heterocycles. The molecule has 0 unspecified atom stereocenters. The van der Waals surface area contributed by atoms with Crippen molar-refractivity contribution in [2.45, 2.75) is 33.5 Å². The van der Waals surface area contributed by atoms with E-state index in [0.29, 0.717) is 22.7 Å². The van der Waals surface area contributed by atoms with Crippen LogP contribution in [0.4, 0.5) is 0 Å². The molecule has 0 spiro atoms. The lowest BCUT2D eigenvalue weighted by Gasteiger charge is -2.10. The standard InChI is InChI=1S/C20H20N2O4/c1-13(2)26-20(24)15-7-9-17(10-8-15)25-12-16-11-19(23)22-14(3)5-4-6-18(22)21-16/h4-11,13H,12H2,1-3H3. The highest BCUT2D eigenvalue weighted by Crippen LogP contribution is 2.15. The summed E-state index contributed by atoms with van der Waals surface area (Å²) in [7, 11) is 0. The summed E-state index contributed by atoms with van der Waals surface area (Å²) >= 11 is 0. The number of esters is 1. The molecule has 6 nitrogen and oxygen atoms in total. The molecule has 0 aliphatic carbocycles. The first kappa shape index (κ1) is 17.7. The summed E-state index contributed by atoms with van der Waals surface area (Å²) < 4.78 is 12.4. The number of benzene rings is 1. The van der Waals surface area contributed by atoms with E-state index in [1.54, 1.807) is 48.6 Å². The first-order valence-electron chi connectivity index (χ1n) is 8.36. The number of rotatable bonds is 5. The van der Waals surface area contributed by atoms with Crippen LogP contribution in [0.3, 0.4) is 0 Å². The Kier molecular flexibility index (Phi) is 5.02. The third-order valence-corrected chi connectivity index (χ3v) is 3.75. The number of fused-ring (bicyclic) bond motifs is 1. The fourth-order valence-electron chi connectivity index (χ4n) is 2.56. The van der Waals surface area contributed by atoms with Gasteiger partial charge in [-0.05, 0) is 57.2 Å². The van der Waals surface area contributed by atoms with Crippen LogP contribution in [0.15, 0.2) is 53.3 Å². The van der Waals surface area contributed by atoms with E-state index in [9.17, 15) is 9.59 Å². The Balaban J connectivity index is 1.72. The summed E-state index contributed by atoms with van der Waals surface area (Å²) in [5.74, 6) is 0.212. The molecule has 6 heteroatoms. The second-order valence-corrected chi connectivity index (χ2v) is 6.21. The largest absolute Gasteiger partial charge is 0.487 e. The lowest BCUT2D eigenvalue weighted by atomic mass is 10.2. The van der Waals surface area contributed by atoms with Crippen LogP contribution in [0, 0.1) is 6.92 Å². The minimum atomic E-state index is -0.369. The van der Waals surface area contributed by atoms with Gasteiger partial charge in [-0.15, -0.1) is 0 Å². The van der Waals surface area contributed by atoms with Crippen LogP contribution in [0.25, 0.3) is 5.65 Å². The Morgan fingerprint density at radius 3 is 2.58 bits per heavy atom. The van der Waals surface area contributed by atoms with Gasteiger partial charge in [-0.3, -0.25) is 9.20 Å². The molecule has 3 rings (SSSR count). The van der Waals surface area contributed by atoms with Crippen molar-refractivity contribution in [2.75, 3.05) is 0 Å². The average Bonchev–Trinajstić information content (AvgIpc) is 2.59. The summed E-state index contributed by atoms with van der Waals surface area (Å²) in [5, 5.41) is 0. The van der Waals surface area contributed by atoms with Gasteiger partial charge >= 0.3 is 5.97 Å². The molecular formula is C20H20N2O4. The molecule has 3 aromatic rings. The normalized spacial score (nSPS) is 10.9. The molecule has 0 fully saturated rings. The van der Waals surface area contributed by atoms with E-state index in [4.69, 9.17) is 9.47 Å². The third kappa shape index (κ3) is 3.91. The van der Waals surface area contributed by atoms with Crippen molar-refractivity contribution in [3.63, 3.8) is 0 Å². The average molecular weight is 352 g/mol. The van der Waals surface area contributed by atoms with Crippen molar-refractivity contribution in [1.82, 2.24) is 9.38 Å². The predicted octanol–water partition coefficient (Wildman–Crippen LogP) is 3.15. The Morgan fingerprint density at radius 1 is 1.15 bits per heavy atom. The zero-order valence-electron chi connectivity index (χ0n) is 14.9. The van der Waals surface area contributed by atoms with Gasteiger partial charge in [0.1, 0.15) is 18.0 Å². The zero-order valence-corrected chi connectivity index (χ0v) is 14.9. The molecule has 0 atom stereocenters. The van der Waals surface area contributed by atoms with E-state index >= 15 is 0 Å². The Hall–Kier alpha value is -3.15. The maximum atomic E-state index is 12.3. The monoisotopic (exact) mass is 352 g/mol. The molecular weight excluding hydrogens is 332 g/mol. The number of aromatic nitrogens is 2. The summed E-state index contributed by atoms with van der Waals surface area (Å²) in [5.41, 5.74) is 2.28. The van der Waals surface area contributed by atoms with Gasteiger partial charge in [0, 0.05) is 11.8 Å². The van der Waals surface area contributed by atoms with Crippen molar-refractivity contribution in [3.05, 3.63) is 75.8 Å². The van der Waals surface area contributed by atoms with E-state index in [-0.39, 0.29) is 24.2 Å². The molecule has 0 aliphatic rings. The van der Waals surface area contributed by atoms with Gasteiger partial charge < -0.3 is 9.47 Å². The Morgan fingerprint density at radius 2 is 1.88 bits per heavy atom. The molecule has 1 aromatic carbocycles. The molecule has 0 N–H and O–H groups in total. The summed E-state index contributed by atoms with van der Waals surface area (Å²) in [6.45, 7) is 5.62. The zero-order chi connectivity index (χ0) is 18.7. The van der Waals surface area contributed by atoms with Crippen LogP contribution in [-0.4, -0.2) is 21.5 Å². The number of carbonyl (C=O) groups is 1. The van der Waals surface area contributed by atoms with Crippen LogP contribution in [-0.2, 0) is 11.3 Å². The van der Waals surface area contributed by atoms with E-state index in [1.165, 1.54) is 6.07 Å².